The molecule has 1 aromatic rings. The first-order valence-corrected chi connectivity index (χ1v) is 4.55. The van der Waals surface area contributed by atoms with E-state index in [0.717, 1.165) is 4.47 Å². The molecule has 0 bridgehead atoms. The molecule has 2 N–H and O–H groups in total. The number of rotatable bonds is 2. The highest BCUT2D eigenvalue weighted by atomic mass is 79.9. The molecular weight excluding hydrogens is 221 g/mol. The van der Waals surface area contributed by atoms with Crippen molar-refractivity contribution in [2.24, 2.45) is 5.73 Å². The van der Waals surface area contributed by atoms with Crippen molar-refractivity contribution in [1.82, 2.24) is 0 Å². The number of hydrogen-bond acceptors (Lipinski definition) is 1. The minimum Gasteiger partial charge on any atom is -0.325 e. The molecule has 3 heteroatoms. The summed E-state index contributed by atoms with van der Waals surface area (Å²) in [7, 11) is 0. The molecule has 2 unspecified atom stereocenters. The first-order valence-electron chi connectivity index (χ1n) is 3.76. The Morgan fingerprint density at radius 2 is 2.17 bits per heavy atom. The third-order valence-electron chi connectivity index (χ3n) is 1.63. The summed E-state index contributed by atoms with van der Waals surface area (Å²) in [4.78, 5) is 0. The highest BCUT2D eigenvalue weighted by Gasteiger charge is 2.13. The van der Waals surface area contributed by atoms with E-state index in [4.69, 9.17) is 5.73 Å². The maximum Gasteiger partial charge on any atom is 0.140 e. The van der Waals surface area contributed by atoms with E-state index in [1.165, 1.54) is 0 Å². The summed E-state index contributed by atoms with van der Waals surface area (Å²) < 4.78 is 14.2. The molecule has 0 aliphatic heterocycles. The molecule has 0 amide bonds. The van der Waals surface area contributed by atoms with Crippen LogP contribution in [-0.4, -0.2) is 6.04 Å². The standard InChI is InChI=1S/C9H11BrFN/c1-6(12)9(11)7-3-2-4-8(10)5-7/h2-6,9H,12H2,1H3. The number of halogens is 2. The van der Waals surface area contributed by atoms with Crippen LogP contribution in [0.1, 0.15) is 18.7 Å². The molecule has 0 aliphatic carbocycles. The van der Waals surface area contributed by atoms with E-state index in [9.17, 15) is 4.39 Å². The van der Waals surface area contributed by atoms with Gasteiger partial charge in [0.1, 0.15) is 6.17 Å². The van der Waals surface area contributed by atoms with Crippen LogP contribution in [0.4, 0.5) is 4.39 Å². The maximum absolute atomic E-state index is 13.3. The topological polar surface area (TPSA) is 26.0 Å². The van der Waals surface area contributed by atoms with Crippen LogP contribution in [0, 0.1) is 0 Å². The van der Waals surface area contributed by atoms with Crippen molar-refractivity contribution in [3.63, 3.8) is 0 Å². The number of alkyl halides is 1. The van der Waals surface area contributed by atoms with Crippen LogP contribution >= 0.6 is 15.9 Å². The van der Waals surface area contributed by atoms with Gasteiger partial charge in [0.25, 0.3) is 0 Å². The second-order valence-corrected chi connectivity index (χ2v) is 3.73. The Morgan fingerprint density at radius 3 is 2.67 bits per heavy atom. The zero-order valence-electron chi connectivity index (χ0n) is 6.80. The second-order valence-electron chi connectivity index (χ2n) is 2.82. The molecule has 0 aliphatic rings. The lowest BCUT2D eigenvalue weighted by Gasteiger charge is -2.11. The summed E-state index contributed by atoms with van der Waals surface area (Å²) in [6.07, 6.45) is -1.08. The summed E-state index contributed by atoms with van der Waals surface area (Å²) in [5.41, 5.74) is 6.05. The molecule has 0 spiro atoms. The third kappa shape index (κ3) is 2.29. The van der Waals surface area contributed by atoms with Crippen LogP contribution < -0.4 is 5.73 Å². The van der Waals surface area contributed by atoms with Crippen molar-refractivity contribution < 1.29 is 4.39 Å². The fourth-order valence-corrected chi connectivity index (χ4v) is 1.40. The molecule has 0 fully saturated rings. The van der Waals surface area contributed by atoms with Gasteiger partial charge in [-0.2, -0.15) is 0 Å². The first-order chi connectivity index (χ1) is 5.61. The number of hydrogen-bond donors (Lipinski definition) is 1. The van der Waals surface area contributed by atoms with Crippen molar-refractivity contribution >= 4 is 15.9 Å². The third-order valence-corrected chi connectivity index (χ3v) is 2.12. The van der Waals surface area contributed by atoms with Crippen LogP contribution in [0.25, 0.3) is 0 Å². The summed E-state index contributed by atoms with van der Waals surface area (Å²) >= 11 is 3.27. The van der Waals surface area contributed by atoms with Crippen LogP contribution in [0.3, 0.4) is 0 Å². The molecule has 0 heterocycles. The van der Waals surface area contributed by atoms with Gasteiger partial charge in [-0.15, -0.1) is 0 Å². The SMILES string of the molecule is CC(N)C(F)c1cccc(Br)c1. The van der Waals surface area contributed by atoms with Crippen LogP contribution in [0.15, 0.2) is 28.7 Å². The molecule has 0 aromatic heterocycles. The maximum atomic E-state index is 13.3. The van der Waals surface area contributed by atoms with Gasteiger partial charge in [0.05, 0.1) is 0 Å². The molecule has 1 rings (SSSR count). The summed E-state index contributed by atoms with van der Waals surface area (Å²) in [6, 6.07) is 6.68. The van der Waals surface area contributed by atoms with Gasteiger partial charge in [-0.3, -0.25) is 0 Å². The van der Waals surface area contributed by atoms with Crippen molar-refractivity contribution in [2.45, 2.75) is 19.1 Å². The molecule has 0 saturated heterocycles. The Kier molecular flexibility index (Phi) is 3.23. The zero-order chi connectivity index (χ0) is 9.14. The Bertz CT molecular complexity index is 262. The van der Waals surface area contributed by atoms with Crippen molar-refractivity contribution in [3.05, 3.63) is 34.3 Å². The van der Waals surface area contributed by atoms with E-state index in [-0.39, 0.29) is 0 Å². The molecule has 66 valence electrons. The largest absolute Gasteiger partial charge is 0.325 e. The fraction of sp³-hybridized carbons (Fsp3) is 0.333. The van der Waals surface area contributed by atoms with Gasteiger partial charge in [-0.25, -0.2) is 4.39 Å². The van der Waals surface area contributed by atoms with E-state index in [1.54, 1.807) is 25.1 Å². The predicted octanol–water partition coefficient (Wildman–Crippen LogP) is 2.81. The smallest absolute Gasteiger partial charge is 0.140 e. The average molecular weight is 232 g/mol. The fourth-order valence-electron chi connectivity index (χ4n) is 0.982. The Balaban J connectivity index is 2.88. The average Bonchev–Trinajstić information content (AvgIpc) is 2.03. The highest BCUT2D eigenvalue weighted by molar-refractivity contribution is 9.10. The normalized spacial score (nSPS) is 15.7. The molecule has 1 aromatic carbocycles. The molecule has 0 radical (unpaired) electrons. The summed E-state index contributed by atoms with van der Waals surface area (Å²) in [5, 5.41) is 0. The lowest BCUT2D eigenvalue weighted by Crippen LogP contribution is -2.21. The van der Waals surface area contributed by atoms with E-state index in [1.807, 2.05) is 6.07 Å². The van der Waals surface area contributed by atoms with Crippen LogP contribution in [0.5, 0.6) is 0 Å². The first kappa shape index (κ1) is 9.68. The molecule has 12 heavy (non-hydrogen) atoms. The number of benzene rings is 1. The Morgan fingerprint density at radius 1 is 1.50 bits per heavy atom. The highest BCUT2D eigenvalue weighted by Crippen LogP contribution is 2.22. The van der Waals surface area contributed by atoms with Gasteiger partial charge in [0.15, 0.2) is 0 Å². The Hall–Kier alpha value is -0.410. The summed E-state index contributed by atoms with van der Waals surface area (Å²) in [6.45, 7) is 1.66. The summed E-state index contributed by atoms with van der Waals surface area (Å²) in [5.74, 6) is 0. The predicted molar refractivity (Wildman–Crippen MR) is 51.6 cm³/mol. The van der Waals surface area contributed by atoms with Crippen molar-refractivity contribution in [2.75, 3.05) is 0 Å². The van der Waals surface area contributed by atoms with Gasteiger partial charge < -0.3 is 5.73 Å². The zero-order valence-corrected chi connectivity index (χ0v) is 8.38. The van der Waals surface area contributed by atoms with Gasteiger partial charge in [-0.05, 0) is 24.6 Å². The van der Waals surface area contributed by atoms with E-state index in [0.29, 0.717) is 5.56 Å². The minimum atomic E-state index is -1.08. The van der Waals surface area contributed by atoms with E-state index >= 15 is 0 Å². The molecule has 0 saturated carbocycles. The van der Waals surface area contributed by atoms with Crippen LogP contribution in [0.2, 0.25) is 0 Å². The lowest BCUT2D eigenvalue weighted by molar-refractivity contribution is 0.300. The molecular formula is C9H11BrFN. The van der Waals surface area contributed by atoms with Gasteiger partial charge in [0, 0.05) is 10.5 Å². The second kappa shape index (κ2) is 4.01. The van der Waals surface area contributed by atoms with Gasteiger partial charge in [-0.1, -0.05) is 28.1 Å². The lowest BCUT2D eigenvalue weighted by atomic mass is 10.1. The van der Waals surface area contributed by atoms with Crippen molar-refractivity contribution in [1.29, 1.82) is 0 Å². The Labute approximate surface area is 79.9 Å². The monoisotopic (exact) mass is 231 g/mol. The number of nitrogens with two attached hydrogens (primary N) is 1. The van der Waals surface area contributed by atoms with Crippen molar-refractivity contribution in [3.8, 4) is 0 Å². The van der Waals surface area contributed by atoms with Gasteiger partial charge >= 0.3 is 0 Å². The minimum absolute atomic E-state index is 0.459. The molecule has 2 atom stereocenters. The molecule has 1 nitrogen and oxygen atoms in total. The van der Waals surface area contributed by atoms with Gasteiger partial charge in [0.2, 0.25) is 0 Å². The van der Waals surface area contributed by atoms with E-state index in [2.05, 4.69) is 15.9 Å². The van der Waals surface area contributed by atoms with Crippen LogP contribution in [-0.2, 0) is 0 Å². The quantitative estimate of drug-likeness (QED) is 0.833. The van der Waals surface area contributed by atoms with E-state index < -0.39 is 12.2 Å².